The molecule has 1 N–H and O–H groups in total. The second-order valence-corrected chi connectivity index (χ2v) is 4.60. The molecule has 0 aliphatic heterocycles. The Labute approximate surface area is 114 Å². The van der Waals surface area contributed by atoms with E-state index >= 15 is 0 Å². The highest BCUT2D eigenvalue weighted by atomic mass is 16.1. The number of rotatable bonds is 5. The first kappa shape index (κ1) is 13.3. The monoisotopic (exact) mass is 253 g/mol. The summed E-state index contributed by atoms with van der Waals surface area (Å²) in [5.41, 5.74) is 2.89. The summed E-state index contributed by atoms with van der Waals surface area (Å²) in [4.78, 5) is 11.9. The van der Waals surface area contributed by atoms with Crippen LogP contribution < -0.4 is 5.32 Å². The zero-order valence-corrected chi connectivity index (χ0v) is 11.4. The molecular weight excluding hydrogens is 234 g/mol. The number of carbonyl (C=O) groups is 1. The molecule has 19 heavy (non-hydrogen) atoms. The van der Waals surface area contributed by atoms with E-state index in [0.29, 0.717) is 6.42 Å². The normalized spacial score (nSPS) is 11.9. The zero-order chi connectivity index (χ0) is 13.7. The molecule has 0 aliphatic carbocycles. The maximum atomic E-state index is 11.9. The number of para-hydroxylation sites is 1. The maximum absolute atomic E-state index is 11.9. The highest BCUT2D eigenvalue weighted by molar-refractivity contribution is 6.01. The van der Waals surface area contributed by atoms with Gasteiger partial charge in [-0.25, -0.2) is 0 Å². The average molecular weight is 253 g/mol. The van der Waals surface area contributed by atoms with Crippen molar-refractivity contribution in [1.29, 1.82) is 0 Å². The number of Topliss-reactive ketones (excluding diaryl/α,β-unsaturated/α-hetero) is 1. The van der Waals surface area contributed by atoms with Gasteiger partial charge in [0.15, 0.2) is 5.78 Å². The van der Waals surface area contributed by atoms with E-state index in [-0.39, 0.29) is 11.8 Å². The van der Waals surface area contributed by atoms with Gasteiger partial charge in [0.25, 0.3) is 0 Å². The van der Waals surface area contributed by atoms with Gasteiger partial charge in [0, 0.05) is 23.7 Å². The minimum atomic E-state index is 0.170. The highest BCUT2D eigenvalue weighted by Crippen LogP contribution is 2.23. The topological polar surface area (TPSA) is 29.1 Å². The average Bonchev–Trinajstić information content (AvgIpc) is 2.48. The molecule has 0 aromatic heterocycles. The SMILES string of the molecule is CCC(=O)c1ccccc1NC(C)c1ccccc1. The van der Waals surface area contributed by atoms with E-state index in [9.17, 15) is 4.79 Å². The lowest BCUT2D eigenvalue weighted by Gasteiger charge is -2.18. The summed E-state index contributed by atoms with van der Waals surface area (Å²) in [6.45, 7) is 3.99. The second kappa shape index (κ2) is 6.19. The molecule has 2 rings (SSSR count). The zero-order valence-electron chi connectivity index (χ0n) is 11.4. The van der Waals surface area contributed by atoms with E-state index in [2.05, 4.69) is 24.4 Å². The van der Waals surface area contributed by atoms with E-state index in [0.717, 1.165) is 11.3 Å². The van der Waals surface area contributed by atoms with Crippen molar-refractivity contribution in [1.82, 2.24) is 0 Å². The summed E-state index contributed by atoms with van der Waals surface area (Å²) in [5, 5.41) is 3.42. The Morgan fingerprint density at radius 2 is 1.68 bits per heavy atom. The highest BCUT2D eigenvalue weighted by Gasteiger charge is 2.11. The fourth-order valence-corrected chi connectivity index (χ4v) is 2.10. The van der Waals surface area contributed by atoms with E-state index in [1.807, 2.05) is 49.4 Å². The first-order valence-corrected chi connectivity index (χ1v) is 6.66. The molecule has 2 heteroatoms. The third-order valence-electron chi connectivity index (χ3n) is 3.22. The lowest BCUT2D eigenvalue weighted by Crippen LogP contribution is -2.10. The van der Waals surface area contributed by atoms with Crippen molar-refractivity contribution in [3.63, 3.8) is 0 Å². The lowest BCUT2D eigenvalue weighted by molar-refractivity contribution is 0.0989. The van der Waals surface area contributed by atoms with Crippen molar-refractivity contribution in [3.8, 4) is 0 Å². The van der Waals surface area contributed by atoms with Crippen molar-refractivity contribution < 1.29 is 4.79 Å². The van der Waals surface area contributed by atoms with Crippen LogP contribution in [0.4, 0.5) is 5.69 Å². The third-order valence-corrected chi connectivity index (χ3v) is 3.22. The van der Waals surface area contributed by atoms with Crippen LogP contribution in [0.5, 0.6) is 0 Å². The van der Waals surface area contributed by atoms with E-state index in [1.165, 1.54) is 5.56 Å². The van der Waals surface area contributed by atoms with Crippen LogP contribution in [-0.2, 0) is 0 Å². The Morgan fingerprint density at radius 3 is 2.37 bits per heavy atom. The Bertz CT molecular complexity index is 548. The summed E-state index contributed by atoms with van der Waals surface area (Å²) < 4.78 is 0. The summed E-state index contributed by atoms with van der Waals surface area (Å²) >= 11 is 0. The van der Waals surface area contributed by atoms with Gasteiger partial charge in [-0.15, -0.1) is 0 Å². The van der Waals surface area contributed by atoms with E-state index in [4.69, 9.17) is 0 Å². The van der Waals surface area contributed by atoms with Crippen LogP contribution in [0.15, 0.2) is 54.6 Å². The van der Waals surface area contributed by atoms with Crippen LogP contribution in [0.3, 0.4) is 0 Å². The van der Waals surface area contributed by atoms with Crippen LogP contribution in [0, 0.1) is 0 Å². The van der Waals surface area contributed by atoms with Gasteiger partial charge in [0.1, 0.15) is 0 Å². The molecule has 0 aliphatic rings. The largest absolute Gasteiger partial charge is 0.378 e. The van der Waals surface area contributed by atoms with Crippen molar-refractivity contribution >= 4 is 11.5 Å². The number of hydrogen-bond donors (Lipinski definition) is 1. The number of anilines is 1. The molecule has 98 valence electrons. The number of benzene rings is 2. The Kier molecular flexibility index (Phi) is 4.35. The van der Waals surface area contributed by atoms with Gasteiger partial charge in [0.05, 0.1) is 0 Å². The van der Waals surface area contributed by atoms with Gasteiger partial charge in [-0.3, -0.25) is 4.79 Å². The Hall–Kier alpha value is -2.09. The fraction of sp³-hybridized carbons (Fsp3) is 0.235. The predicted molar refractivity (Wildman–Crippen MR) is 79.5 cm³/mol. The first-order valence-electron chi connectivity index (χ1n) is 6.66. The minimum absolute atomic E-state index is 0.170. The quantitative estimate of drug-likeness (QED) is 0.797. The number of carbonyl (C=O) groups excluding carboxylic acids is 1. The molecule has 0 bridgehead atoms. The molecule has 0 saturated heterocycles. The van der Waals surface area contributed by atoms with Crippen LogP contribution in [0.1, 0.15) is 42.2 Å². The molecule has 2 nitrogen and oxygen atoms in total. The van der Waals surface area contributed by atoms with Gasteiger partial charge < -0.3 is 5.32 Å². The van der Waals surface area contributed by atoms with Crippen LogP contribution in [0.2, 0.25) is 0 Å². The Morgan fingerprint density at radius 1 is 1.05 bits per heavy atom. The van der Waals surface area contributed by atoms with Crippen LogP contribution in [0.25, 0.3) is 0 Å². The molecule has 0 fully saturated rings. The van der Waals surface area contributed by atoms with Crippen molar-refractivity contribution in [2.24, 2.45) is 0 Å². The van der Waals surface area contributed by atoms with Gasteiger partial charge in [-0.05, 0) is 24.6 Å². The standard InChI is InChI=1S/C17H19NO/c1-3-17(19)15-11-7-8-12-16(15)18-13(2)14-9-5-4-6-10-14/h4-13,18H,3H2,1-2H3. The summed E-state index contributed by atoms with van der Waals surface area (Å²) in [7, 11) is 0. The van der Waals surface area contributed by atoms with Crippen molar-refractivity contribution in [2.45, 2.75) is 26.3 Å². The van der Waals surface area contributed by atoms with Crippen molar-refractivity contribution in [2.75, 3.05) is 5.32 Å². The molecule has 2 aromatic rings. The van der Waals surface area contributed by atoms with E-state index < -0.39 is 0 Å². The molecule has 1 unspecified atom stereocenters. The molecule has 0 amide bonds. The summed E-state index contributed by atoms with van der Waals surface area (Å²) in [6.07, 6.45) is 0.526. The van der Waals surface area contributed by atoms with Crippen LogP contribution >= 0.6 is 0 Å². The van der Waals surface area contributed by atoms with Gasteiger partial charge in [-0.1, -0.05) is 49.4 Å². The first-order chi connectivity index (χ1) is 9.22. The fourth-order valence-electron chi connectivity index (χ4n) is 2.10. The van der Waals surface area contributed by atoms with Gasteiger partial charge in [0.2, 0.25) is 0 Å². The third kappa shape index (κ3) is 3.22. The molecule has 1 atom stereocenters. The van der Waals surface area contributed by atoms with E-state index in [1.54, 1.807) is 0 Å². The number of ketones is 1. The minimum Gasteiger partial charge on any atom is -0.378 e. The van der Waals surface area contributed by atoms with Crippen LogP contribution in [-0.4, -0.2) is 5.78 Å². The lowest BCUT2D eigenvalue weighted by atomic mass is 10.0. The summed E-state index contributed by atoms with van der Waals surface area (Å²) in [6, 6.07) is 18.1. The summed E-state index contributed by atoms with van der Waals surface area (Å²) in [5.74, 6) is 0.170. The molecule has 2 aromatic carbocycles. The van der Waals surface area contributed by atoms with Gasteiger partial charge >= 0.3 is 0 Å². The second-order valence-electron chi connectivity index (χ2n) is 4.60. The molecular formula is C17H19NO. The van der Waals surface area contributed by atoms with Gasteiger partial charge in [-0.2, -0.15) is 0 Å². The molecule has 0 heterocycles. The smallest absolute Gasteiger partial charge is 0.164 e. The molecule has 0 saturated carbocycles. The van der Waals surface area contributed by atoms with Crippen molar-refractivity contribution in [3.05, 3.63) is 65.7 Å². The maximum Gasteiger partial charge on any atom is 0.164 e. The molecule has 0 spiro atoms. The number of hydrogen-bond acceptors (Lipinski definition) is 2. The Balaban J connectivity index is 2.22. The molecule has 0 radical (unpaired) electrons. The number of nitrogens with one attached hydrogen (secondary N) is 1. The predicted octanol–water partition coefficient (Wildman–Crippen LogP) is 4.45.